The zero-order chi connectivity index (χ0) is 4.50. The second kappa shape index (κ2) is 14.4. The summed E-state index contributed by atoms with van der Waals surface area (Å²) >= 11 is 0. The minimum Gasteiger partial charge on any atom is -0.870 e. The molecule has 9 heavy (non-hydrogen) atoms. The van der Waals surface area contributed by atoms with Crippen LogP contribution in [0.3, 0.4) is 0 Å². The van der Waals surface area contributed by atoms with Crippen molar-refractivity contribution in [2.75, 3.05) is 0 Å². The van der Waals surface area contributed by atoms with Crippen molar-refractivity contribution in [3.8, 4) is 0 Å². The second-order valence-electron chi connectivity index (χ2n) is 0.524. The minimum absolute atomic E-state index is 0. The first-order valence-electron chi connectivity index (χ1n) is 0.836. The van der Waals surface area contributed by atoms with Crippen molar-refractivity contribution in [2.24, 2.45) is 0 Å². The summed E-state index contributed by atoms with van der Waals surface area (Å²) in [5.74, 6) is 0. The molecule has 9 heteroatoms. The molecule has 0 aliphatic carbocycles. The normalized spacial score (nSPS) is 6.67. The molecule has 0 rings (SSSR count). The summed E-state index contributed by atoms with van der Waals surface area (Å²) in [5.41, 5.74) is 0. The van der Waals surface area contributed by atoms with E-state index in [2.05, 4.69) is 0 Å². The van der Waals surface area contributed by atoms with Gasteiger partial charge in [0.05, 0.1) is 0 Å². The van der Waals surface area contributed by atoms with E-state index in [4.69, 9.17) is 19.2 Å². The van der Waals surface area contributed by atoms with Gasteiger partial charge >= 0.3 is 119 Å². The van der Waals surface area contributed by atoms with E-state index in [-0.39, 0.29) is 124 Å². The van der Waals surface area contributed by atoms with E-state index in [1.54, 1.807) is 0 Å². The monoisotopic (exact) mass is 212 g/mol. The van der Waals surface area contributed by atoms with Gasteiger partial charge in [0.1, 0.15) is 0 Å². The molecule has 0 bridgehead atoms. The van der Waals surface area contributed by atoms with Crippen molar-refractivity contribution in [1.82, 2.24) is 0 Å². The van der Waals surface area contributed by atoms with Crippen LogP contribution < -0.4 is 95.3 Å². The average Bonchev–Trinajstić information content (AvgIpc) is 0.722. The van der Waals surface area contributed by atoms with Gasteiger partial charge in [0.15, 0.2) is 0 Å². The molecule has 0 fully saturated rings. The molecular weight excluding hydrogens is 210 g/mol. The molecule has 0 spiro atoms. The van der Waals surface area contributed by atoms with Crippen LogP contribution in [0.1, 0.15) is 0 Å². The third-order valence-corrected chi connectivity index (χ3v) is 0. The Morgan fingerprint density at radius 1 is 1.11 bits per heavy atom. The van der Waals surface area contributed by atoms with Gasteiger partial charge in [-0.15, -0.1) is 9.05 Å². The number of hydrogen-bond donors (Lipinski definition) is 1. The Hall–Kier alpha value is 3.91. The summed E-state index contributed by atoms with van der Waals surface area (Å²) < 4.78 is 0. The molecule has 0 aliphatic heterocycles. The average molecular weight is 212 g/mol. The second-order valence-corrected chi connectivity index (χ2v) is 1.57. The SMILES string of the molecule is [Ca+2].[K+].[Na+].[O-][Si]([O-])([O-])O.[OH-]. The molecule has 40 valence electrons. The fraction of sp³-hybridized carbons (Fsp3) is 0. The van der Waals surface area contributed by atoms with Crippen LogP contribution in [0.5, 0.6) is 0 Å². The smallest absolute Gasteiger partial charge is 0.870 e. The summed E-state index contributed by atoms with van der Waals surface area (Å²) in [6.07, 6.45) is 0. The largest absolute Gasteiger partial charge is 2.00 e. The van der Waals surface area contributed by atoms with Gasteiger partial charge in [-0.2, -0.15) is 0 Å². The van der Waals surface area contributed by atoms with Crippen molar-refractivity contribution in [1.29, 1.82) is 0 Å². The summed E-state index contributed by atoms with van der Waals surface area (Å²) in [7, 11) is -5.36. The van der Waals surface area contributed by atoms with Crippen molar-refractivity contribution >= 4 is 46.8 Å². The molecule has 0 saturated heterocycles. The van der Waals surface area contributed by atoms with Crippen molar-refractivity contribution in [3.63, 3.8) is 0 Å². The van der Waals surface area contributed by atoms with Crippen LogP contribution in [-0.2, 0) is 0 Å². The predicted octanol–water partition coefficient (Wildman–Crippen LogP) is -11.1. The summed E-state index contributed by atoms with van der Waals surface area (Å²) in [5, 5.41) is 0. The maximum Gasteiger partial charge on any atom is 2.00 e. The van der Waals surface area contributed by atoms with E-state index in [0.717, 1.165) is 0 Å². The molecule has 0 radical (unpaired) electrons. The fourth-order valence-electron chi connectivity index (χ4n) is 0. The molecule has 0 saturated carbocycles. The molecule has 0 aromatic rings. The number of hydrogen-bond acceptors (Lipinski definition) is 5. The van der Waals surface area contributed by atoms with E-state index in [1.807, 2.05) is 0 Å². The van der Waals surface area contributed by atoms with Crippen LogP contribution in [0, 0.1) is 0 Å². The molecule has 0 atom stereocenters. The first-order chi connectivity index (χ1) is 2.00. The van der Waals surface area contributed by atoms with Crippen LogP contribution in [0.15, 0.2) is 0 Å². The van der Waals surface area contributed by atoms with Gasteiger partial charge in [-0.3, -0.25) is 0 Å². The van der Waals surface area contributed by atoms with E-state index in [0.29, 0.717) is 0 Å². The van der Waals surface area contributed by atoms with E-state index >= 15 is 0 Å². The summed E-state index contributed by atoms with van der Waals surface area (Å²) in [6, 6.07) is 0. The molecule has 0 unspecified atom stereocenters. The molecular formula is H2CaKNaO5Si. The molecule has 0 heterocycles. The maximum absolute atomic E-state index is 8.69. The van der Waals surface area contributed by atoms with Gasteiger partial charge in [0, 0.05) is 0 Å². The van der Waals surface area contributed by atoms with Crippen LogP contribution in [0.2, 0.25) is 0 Å². The Labute approximate surface area is 148 Å². The van der Waals surface area contributed by atoms with Crippen LogP contribution in [-0.4, -0.2) is 57.1 Å². The zero-order valence-corrected chi connectivity index (χ0v) is 13.7. The standard InChI is InChI=1S/Ca.K.Na.HO4Si.H2O/c;;;1-5(2,3)4;/h;;;1H;1H2/q+2;2*+1;-3;/p-1. The van der Waals surface area contributed by atoms with E-state index in [9.17, 15) is 0 Å². The molecule has 0 aromatic heterocycles. The topological polar surface area (TPSA) is 119 Å². The third kappa shape index (κ3) is 76.5. The molecule has 5 nitrogen and oxygen atoms in total. The summed E-state index contributed by atoms with van der Waals surface area (Å²) in [4.78, 5) is 33.1. The fourth-order valence-corrected chi connectivity index (χ4v) is 0. The Morgan fingerprint density at radius 3 is 1.11 bits per heavy atom. The first kappa shape index (κ1) is 29.3. The quantitative estimate of drug-likeness (QED) is 0.400. The van der Waals surface area contributed by atoms with Gasteiger partial charge in [0.2, 0.25) is 0 Å². The third-order valence-electron chi connectivity index (χ3n) is 0. The van der Waals surface area contributed by atoms with Gasteiger partial charge in [-0.1, -0.05) is 0 Å². The molecule has 0 amide bonds. The van der Waals surface area contributed by atoms with Crippen LogP contribution >= 0.6 is 0 Å². The Balaban J connectivity index is -0.0000000133. The Kier molecular flexibility index (Phi) is 47.0. The van der Waals surface area contributed by atoms with Crippen molar-refractivity contribution < 1.29 is 106 Å². The summed E-state index contributed by atoms with van der Waals surface area (Å²) in [6.45, 7) is 0. The first-order valence-corrected chi connectivity index (χ1v) is 2.51. The molecule has 0 aromatic carbocycles. The number of rotatable bonds is 0. The van der Waals surface area contributed by atoms with E-state index in [1.165, 1.54) is 0 Å². The van der Waals surface area contributed by atoms with Crippen LogP contribution in [0.4, 0.5) is 0 Å². The van der Waals surface area contributed by atoms with Gasteiger partial charge in [-0.25, -0.2) is 0 Å². The Morgan fingerprint density at radius 2 is 1.11 bits per heavy atom. The van der Waals surface area contributed by atoms with Gasteiger partial charge in [0.25, 0.3) is 0 Å². The van der Waals surface area contributed by atoms with E-state index < -0.39 is 9.05 Å². The maximum atomic E-state index is 8.69. The Bertz CT molecular complexity index is 32.4. The van der Waals surface area contributed by atoms with Crippen molar-refractivity contribution in [2.45, 2.75) is 0 Å². The van der Waals surface area contributed by atoms with Gasteiger partial charge in [-0.05, 0) is 0 Å². The van der Waals surface area contributed by atoms with Gasteiger partial charge < -0.3 is 24.7 Å². The molecule has 0 aliphatic rings. The predicted molar refractivity (Wildman–Crippen MR) is 15.7 cm³/mol. The van der Waals surface area contributed by atoms with Crippen LogP contribution in [0.25, 0.3) is 0 Å². The molecule has 2 N–H and O–H groups in total. The minimum atomic E-state index is -5.36. The zero-order valence-electron chi connectivity index (χ0n) is 5.33. The van der Waals surface area contributed by atoms with Crippen molar-refractivity contribution in [3.05, 3.63) is 0 Å².